The number of ether oxygens (including phenoxy) is 2. The van der Waals surface area contributed by atoms with Gasteiger partial charge in [0, 0.05) is 37.0 Å². The monoisotopic (exact) mass is 701 g/mol. The zero-order chi connectivity index (χ0) is 33.6. The summed E-state index contributed by atoms with van der Waals surface area (Å²) in [6.07, 6.45) is 4.89. The average molecular weight is 703 g/mol. The van der Waals surface area contributed by atoms with Crippen molar-refractivity contribution in [2.45, 2.75) is 100 Å². The van der Waals surface area contributed by atoms with Crippen LogP contribution in [0.15, 0.2) is 55.6 Å². The van der Waals surface area contributed by atoms with Gasteiger partial charge in [-0.25, -0.2) is 0 Å². The van der Waals surface area contributed by atoms with E-state index < -0.39 is 47.7 Å². The molecule has 0 aliphatic carbocycles. The standard InChI is InChI=1S/C35H48BrN3O7/c1-6-9-17-26(41)37-23(5)29(24-15-11-10-12-16-24)45-34(44)27-28-32(42)39(19-13-20-40)31(35(28)21-25(36)30(27)46-35)33(43)38(18-8-3)22(4)14-7-2/h6,8,10-12,15-16,22-23,25,27-31,40H,1,3,7,9,13-14,17-21H2,2,4-5H3,(H,37,41)/t22?,23-,25?,27-,28+,29-,30-,31-,35+/m0/s1. The molecule has 1 spiro atoms. The summed E-state index contributed by atoms with van der Waals surface area (Å²) in [6, 6.07) is 7.53. The third kappa shape index (κ3) is 6.96. The molecule has 1 aromatic carbocycles. The third-order valence-electron chi connectivity index (χ3n) is 9.49. The predicted octanol–water partition coefficient (Wildman–Crippen LogP) is 4.08. The number of rotatable bonds is 17. The molecular weight excluding hydrogens is 654 g/mol. The molecule has 11 heteroatoms. The van der Waals surface area contributed by atoms with Crippen LogP contribution in [0.25, 0.3) is 0 Å². The van der Waals surface area contributed by atoms with Crippen molar-refractivity contribution in [1.82, 2.24) is 15.1 Å². The molecule has 2 unspecified atom stereocenters. The highest BCUT2D eigenvalue weighted by Crippen LogP contribution is 2.60. The Labute approximate surface area is 280 Å². The van der Waals surface area contributed by atoms with E-state index in [0.29, 0.717) is 24.9 Å². The molecule has 3 aliphatic rings. The number of carbonyl (C=O) groups excluding carboxylic acids is 4. The van der Waals surface area contributed by atoms with Gasteiger partial charge in [-0.2, -0.15) is 0 Å². The van der Waals surface area contributed by atoms with Crippen molar-refractivity contribution in [3.05, 3.63) is 61.2 Å². The van der Waals surface area contributed by atoms with Gasteiger partial charge in [0.1, 0.15) is 17.7 Å². The first-order chi connectivity index (χ1) is 22.1. The molecule has 3 amide bonds. The molecule has 46 heavy (non-hydrogen) atoms. The van der Waals surface area contributed by atoms with E-state index in [0.717, 1.165) is 12.8 Å². The third-order valence-corrected chi connectivity index (χ3v) is 10.3. The number of hydrogen-bond donors (Lipinski definition) is 2. The van der Waals surface area contributed by atoms with Crippen molar-refractivity contribution in [3.63, 3.8) is 0 Å². The van der Waals surface area contributed by atoms with Gasteiger partial charge in [0.25, 0.3) is 0 Å². The lowest BCUT2D eigenvalue weighted by atomic mass is 9.70. The molecule has 252 valence electrons. The number of aliphatic hydroxyl groups is 1. The van der Waals surface area contributed by atoms with Crippen molar-refractivity contribution in [2.24, 2.45) is 11.8 Å². The topological polar surface area (TPSA) is 125 Å². The lowest BCUT2D eigenvalue weighted by molar-refractivity contribution is -0.162. The maximum Gasteiger partial charge on any atom is 0.313 e. The second-order valence-corrected chi connectivity index (χ2v) is 13.8. The van der Waals surface area contributed by atoms with Crippen LogP contribution in [-0.2, 0) is 28.7 Å². The minimum absolute atomic E-state index is 0.102. The molecule has 3 fully saturated rings. The molecule has 0 saturated carbocycles. The molecule has 3 saturated heterocycles. The van der Waals surface area contributed by atoms with Gasteiger partial charge in [-0.1, -0.05) is 71.8 Å². The van der Waals surface area contributed by atoms with Crippen molar-refractivity contribution >= 4 is 39.6 Å². The second-order valence-electron chi connectivity index (χ2n) is 12.6. The Hall–Kier alpha value is -3.02. The van der Waals surface area contributed by atoms with Gasteiger partial charge in [-0.05, 0) is 45.1 Å². The fourth-order valence-electron chi connectivity index (χ4n) is 7.46. The molecule has 2 bridgehead atoms. The lowest BCUT2D eigenvalue weighted by Gasteiger charge is -2.39. The fourth-order valence-corrected chi connectivity index (χ4v) is 8.40. The minimum atomic E-state index is -1.25. The first-order valence-electron chi connectivity index (χ1n) is 16.4. The van der Waals surface area contributed by atoms with Crippen molar-refractivity contribution in [2.75, 3.05) is 19.7 Å². The largest absolute Gasteiger partial charge is 0.455 e. The van der Waals surface area contributed by atoms with Gasteiger partial charge < -0.3 is 29.7 Å². The smallest absolute Gasteiger partial charge is 0.313 e. The van der Waals surface area contributed by atoms with Crippen LogP contribution in [0.5, 0.6) is 0 Å². The average Bonchev–Trinajstić information content (AvgIpc) is 3.63. The Balaban J connectivity index is 1.69. The number of hydrogen-bond acceptors (Lipinski definition) is 7. The zero-order valence-electron chi connectivity index (χ0n) is 27.1. The van der Waals surface area contributed by atoms with E-state index in [2.05, 4.69) is 41.3 Å². The summed E-state index contributed by atoms with van der Waals surface area (Å²) < 4.78 is 12.9. The van der Waals surface area contributed by atoms with E-state index >= 15 is 0 Å². The normalized spacial score (nSPS) is 28.2. The number of allylic oxidation sites excluding steroid dienone is 1. The summed E-state index contributed by atoms with van der Waals surface area (Å²) in [4.78, 5) is 58.6. The molecular formula is C35H48BrN3O7. The number of halogens is 1. The highest BCUT2D eigenvalue weighted by molar-refractivity contribution is 9.09. The first-order valence-corrected chi connectivity index (χ1v) is 17.3. The Morgan fingerprint density at radius 2 is 1.96 bits per heavy atom. The zero-order valence-corrected chi connectivity index (χ0v) is 28.7. The van der Waals surface area contributed by atoms with Crippen LogP contribution in [0.4, 0.5) is 0 Å². The fraction of sp³-hybridized carbons (Fsp3) is 0.600. The number of nitrogens with one attached hydrogen (secondary N) is 1. The summed E-state index contributed by atoms with van der Waals surface area (Å²) in [7, 11) is 0. The van der Waals surface area contributed by atoms with Crippen LogP contribution >= 0.6 is 15.9 Å². The molecule has 0 radical (unpaired) electrons. The molecule has 2 N–H and O–H groups in total. The molecule has 1 aromatic rings. The minimum Gasteiger partial charge on any atom is -0.455 e. The summed E-state index contributed by atoms with van der Waals surface area (Å²) in [5.74, 6) is -3.32. The highest BCUT2D eigenvalue weighted by Gasteiger charge is 2.77. The number of carbonyl (C=O) groups is 4. The van der Waals surface area contributed by atoms with Gasteiger partial charge in [-0.15, -0.1) is 13.2 Å². The van der Waals surface area contributed by atoms with E-state index in [1.165, 1.54) is 4.90 Å². The van der Waals surface area contributed by atoms with E-state index in [1.807, 2.05) is 37.3 Å². The van der Waals surface area contributed by atoms with E-state index in [1.54, 1.807) is 24.0 Å². The number of esters is 1. The molecule has 4 rings (SSSR count). The van der Waals surface area contributed by atoms with Crippen LogP contribution in [0.3, 0.4) is 0 Å². The second kappa shape index (κ2) is 15.7. The van der Waals surface area contributed by atoms with Crippen LogP contribution in [0.2, 0.25) is 0 Å². The number of aliphatic hydroxyl groups excluding tert-OH is 1. The molecule has 3 aliphatic heterocycles. The molecule has 3 heterocycles. The maximum absolute atomic E-state index is 14.5. The van der Waals surface area contributed by atoms with E-state index in [-0.39, 0.29) is 54.6 Å². The first kappa shape index (κ1) is 35.8. The Kier molecular flexibility index (Phi) is 12.2. The van der Waals surface area contributed by atoms with Gasteiger partial charge in [0.2, 0.25) is 17.7 Å². The molecule has 10 nitrogen and oxygen atoms in total. The Morgan fingerprint density at radius 1 is 1.24 bits per heavy atom. The lowest BCUT2D eigenvalue weighted by Crippen LogP contribution is -2.58. The van der Waals surface area contributed by atoms with Crippen molar-refractivity contribution in [1.29, 1.82) is 0 Å². The number of amides is 3. The SMILES string of the molecule is C=CCCC(=O)N[C@@H](C)[C@H](OC(=O)[C@@H]1[C@H]2O[C@@]3(CC2Br)[C@H](C(=O)N(CC=C)C(C)CCC)N(CCCO)C(=O)[C@@H]13)c1ccccc1. The van der Waals surface area contributed by atoms with Gasteiger partial charge in [-0.3, -0.25) is 19.2 Å². The predicted molar refractivity (Wildman–Crippen MR) is 178 cm³/mol. The Bertz CT molecular complexity index is 1280. The van der Waals surface area contributed by atoms with Crippen molar-refractivity contribution in [3.8, 4) is 0 Å². The van der Waals surface area contributed by atoms with Crippen LogP contribution in [0, 0.1) is 11.8 Å². The Morgan fingerprint density at radius 3 is 2.59 bits per heavy atom. The number of nitrogens with zero attached hydrogens (tertiary/aromatic N) is 2. The maximum atomic E-state index is 14.5. The van der Waals surface area contributed by atoms with Crippen LogP contribution < -0.4 is 5.32 Å². The van der Waals surface area contributed by atoms with Crippen molar-refractivity contribution < 1.29 is 33.8 Å². The van der Waals surface area contributed by atoms with Gasteiger partial charge in [0.15, 0.2) is 0 Å². The summed E-state index contributed by atoms with van der Waals surface area (Å²) in [5, 5.41) is 12.6. The number of likely N-dealkylation sites (tertiary alicyclic amines) is 1. The summed E-state index contributed by atoms with van der Waals surface area (Å²) >= 11 is 3.71. The number of alkyl halides is 1. The van der Waals surface area contributed by atoms with E-state index in [4.69, 9.17) is 9.47 Å². The van der Waals surface area contributed by atoms with Crippen LogP contribution in [0.1, 0.15) is 71.0 Å². The van der Waals surface area contributed by atoms with Gasteiger partial charge >= 0.3 is 5.97 Å². The van der Waals surface area contributed by atoms with E-state index in [9.17, 15) is 24.3 Å². The summed E-state index contributed by atoms with van der Waals surface area (Å²) in [5.41, 5.74) is -0.550. The molecule has 0 aromatic heterocycles. The van der Waals surface area contributed by atoms with Crippen LogP contribution in [-0.4, -0.2) is 93.0 Å². The van der Waals surface area contributed by atoms with Gasteiger partial charge in [0.05, 0.1) is 24.0 Å². The molecule has 9 atom stereocenters. The summed E-state index contributed by atoms with van der Waals surface area (Å²) in [6.45, 7) is 13.6. The number of benzene rings is 1. The highest BCUT2D eigenvalue weighted by atomic mass is 79.9. The number of fused-ring (bicyclic) bond motifs is 1. The quantitative estimate of drug-likeness (QED) is 0.143.